The number of amides is 2. The van der Waals surface area contributed by atoms with Crippen molar-refractivity contribution in [3.63, 3.8) is 0 Å². The van der Waals surface area contributed by atoms with Gasteiger partial charge in [-0.05, 0) is 61.2 Å². The van der Waals surface area contributed by atoms with E-state index in [-0.39, 0.29) is 11.8 Å². The van der Waals surface area contributed by atoms with E-state index in [4.69, 9.17) is 4.98 Å². The van der Waals surface area contributed by atoms with Gasteiger partial charge in [-0.2, -0.15) is 0 Å². The van der Waals surface area contributed by atoms with Crippen molar-refractivity contribution in [1.82, 2.24) is 14.5 Å². The third kappa shape index (κ3) is 5.25. The Morgan fingerprint density at radius 1 is 1.17 bits per heavy atom. The average molecular weight is 489 g/mol. The maximum atomic E-state index is 13.3. The van der Waals surface area contributed by atoms with Crippen LogP contribution in [0.2, 0.25) is 0 Å². The molecule has 1 aromatic carbocycles. The summed E-state index contributed by atoms with van der Waals surface area (Å²) in [4.78, 5) is 33.4. The Morgan fingerprint density at radius 3 is 2.77 bits per heavy atom. The van der Waals surface area contributed by atoms with Crippen LogP contribution in [0.4, 0.5) is 5.95 Å². The highest BCUT2D eigenvalue weighted by Crippen LogP contribution is 2.27. The van der Waals surface area contributed by atoms with Gasteiger partial charge in [-0.15, -0.1) is 11.3 Å². The fourth-order valence-corrected chi connectivity index (χ4v) is 5.75. The Morgan fingerprint density at radius 2 is 2.03 bits per heavy atom. The predicted molar refractivity (Wildman–Crippen MR) is 142 cm³/mol. The summed E-state index contributed by atoms with van der Waals surface area (Å²) in [6.07, 6.45) is 16.3. The number of nitrogens with zero attached hydrogens (tertiary/aromatic N) is 3. The van der Waals surface area contributed by atoms with E-state index in [9.17, 15) is 9.59 Å². The van der Waals surface area contributed by atoms with E-state index >= 15 is 0 Å². The summed E-state index contributed by atoms with van der Waals surface area (Å²) in [7, 11) is 1.92. The Kier molecular flexibility index (Phi) is 7.13. The number of fused-ring (bicyclic) bond motifs is 1. The number of carbonyl (C=O) groups is 2. The molecule has 2 amide bonds. The van der Waals surface area contributed by atoms with E-state index in [1.165, 1.54) is 30.6 Å². The number of anilines is 1. The molecule has 2 aliphatic rings. The first-order chi connectivity index (χ1) is 17.1. The number of rotatable bonds is 7. The zero-order valence-corrected chi connectivity index (χ0v) is 21.0. The zero-order chi connectivity index (χ0) is 24.2. The van der Waals surface area contributed by atoms with Crippen molar-refractivity contribution in [1.29, 1.82) is 0 Å². The van der Waals surface area contributed by atoms with Crippen molar-refractivity contribution in [2.24, 2.45) is 5.92 Å². The number of nitrogens with one attached hydrogen (secondary N) is 1. The number of allylic oxidation sites excluding steroid dienone is 4. The summed E-state index contributed by atoms with van der Waals surface area (Å²) in [6.45, 7) is 0.731. The lowest BCUT2D eigenvalue weighted by atomic mass is 9.94. The lowest BCUT2D eigenvalue weighted by molar-refractivity contribution is 0.0696. The highest BCUT2D eigenvalue weighted by molar-refractivity contribution is 7.12. The molecule has 0 bridgehead atoms. The van der Waals surface area contributed by atoms with E-state index in [1.807, 2.05) is 47.7 Å². The van der Waals surface area contributed by atoms with Gasteiger partial charge < -0.3 is 9.47 Å². The minimum Gasteiger partial charge on any atom is -0.339 e. The molecule has 2 aliphatic carbocycles. The summed E-state index contributed by atoms with van der Waals surface area (Å²) < 4.78 is 2.08. The predicted octanol–water partition coefficient (Wildman–Crippen LogP) is 6.28. The first-order valence-electron chi connectivity index (χ1n) is 12.6. The Hall–Kier alpha value is -3.19. The molecule has 5 rings (SSSR count). The third-order valence-electron chi connectivity index (χ3n) is 7.20. The van der Waals surface area contributed by atoms with Gasteiger partial charge in [0, 0.05) is 25.2 Å². The van der Waals surface area contributed by atoms with Crippen molar-refractivity contribution in [2.45, 2.75) is 57.5 Å². The lowest BCUT2D eigenvalue weighted by Gasteiger charge is -2.31. The minimum atomic E-state index is -0.162. The number of carbonyl (C=O) groups excluding carboxylic acids is 2. The van der Waals surface area contributed by atoms with Gasteiger partial charge in [0.1, 0.15) is 0 Å². The molecule has 182 valence electrons. The van der Waals surface area contributed by atoms with Crippen molar-refractivity contribution in [3.8, 4) is 0 Å². The van der Waals surface area contributed by atoms with Crippen LogP contribution >= 0.6 is 11.3 Å². The number of aromatic nitrogens is 2. The van der Waals surface area contributed by atoms with Gasteiger partial charge >= 0.3 is 0 Å². The largest absolute Gasteiger partial charge is 0.339 e. The zero-order valence-electron chi connectivity index (χ0n) is 20.2. The Balaban J connectivity index is 1.42. The Bertz CT molecular complexity index is 1250. The summed E-state index contributed by atoms with van der Waals surface area (Å²) in [5, 5.41) is 4.90. The van der Waals surface area contributed by atoms with Gasteiger partial charge in [-0.25, -0.2) is 4.98 Å². The van der Waals surface area contributed by atoms with Gasteiger partial charge in [0.25, 0.3) is 11.8 Å². The normalized spacial score (nSPS) is 18.1. The molecule has 1 N–H and O–H groups in total. The first-order valence-corrected chi connectivity index (χ1v) is 13.4. The van der Waals surface area contributed by atoms with Crippen LogP contribution in [0.1, 0.15) is 65.0 Å². The van der Waals surface area contributed by atoms with Crippen LogP contribution in [0.25, 0.3) is 11.0 Å². The highest BCUT2D eigenvalue weighted by Gasteiger charge is 2.24. The van der Waals surface area contributed by atoms with Gasteiger partial charge in [0.2, 0.25) is 5.95 Å². The molecule has 1 fully saturated rings. The van der Waals surface area contributed by atoms with Gasteiger partial charge in [0.15, 0.2) is 0 Å². The van der Waals surface area contributed by atoms with Crippen LogP contribution in [0.5, 0.6) is 0 Å². The first kappa shape index (κ1) is 23.5. The molecular formula is C28H32N4O2S. The number of aryl methyl sites for hydroxylation is 1. The minimum absolute atomic E-state index is 0.0386. The van der Waals surface area contributed by atoms with E-state index in [2.05, 4.69) is 34.2 Å². The van der Waals surface area contributed by atoms with Gasteiger partial charge in [-0.3, -0.25) is 14.9 Å². The average Bonchev–Trinajstić information content (AvgIpc) is 3.56. The highest BCUT2D eigenvalue weighted by atomic mass is 32.1. The molecule has 0 aliphatic heterocycles. The summed E-state index contributed by atoms with van der Waals surface area (Å²) in [5.74, 6) is 0.865. The Labute approximate surface area is 210 Å². The number of imidazole rings is 1. The van der Waals surface area contributed by atoms with Crippen LogP contribution in [-0.2, 0) is 6.54 Å². The van der Waals surface area contributed by atoms with E-state index < -0.39 is 0 Å². The van der Waals surface area contributed by atoms with Crippen LogP contribution in [-0.4, -0.2) is 39.4 Å². The summed E-state index contributed by atoms with van der Waals surface area (Å²) >= 11 is 1.41. The second kappa shape index (κ2) is 10.6. The molecule has 7 heteroatoms. The molecule has 1 atom stereocenters. The molecule has 0 saturated heterocycles. The second-order valence-electron chi connectivity index (χ2n) is 9.53. The second-order valence-corrected chi connectivity index (χ2v) is 10.5. The maximum Gasteiger partial charge on any atom is 0.268 e. The third-order valence-corrected chi connectivity index (χ3v) is 8.07. The van der Waals surface area contributed by atoms with Gasteiger partial charge in [-0.1, -0.05) is 49.6 Å². The molecular weight excluding hydrogens is 456 g/mol. The summed E-state index contributed by atoms with van der Waals surface area (Å²) in [6, 6.07) is 9.73. The van der Waals surface area contributed by atoms with Crippen molar-refractivity contribution < 1.29 is 9.59 Å². The topological polar surface area (TPSA) is 67.2 Å². The molecule has 2 aromatic heterocycles. The molecule has 0 spiro atoms. The fourth-order valence-electron chi connectivity index (χ4n) is 5.13. The quantitative estimate of drug-likeness (QED) is 0.426. The van der Waals surface area contributed by atoms with Crippen LogP contribution in [0, 0.1) is 5.92 Å². The molecule has 3 aromatic rings. The summed E-state index contributed by atoms with van der Waals surface area (Å²) in [5.41, 5.74) is 2.30. The van der Waals surface area contributed by atoms with Crippen LogP contribution < -0.4 is 5.32 Å². The molecule has 0 radical (unpaired) electrons. The lowest BCUT2D eigenvalue weighted by Crippen LogP contribution is -2.38. The molecule has 1 unspecified atom stereocenters. The number of hydrogen-bond donors (Lipinski definition) is 1. The van der Waals surface area contributed by atoms with Crippen molar-refractivity contribution >= 4 is 40.1 Å². The van der Waals surface area contributed by atoms with E-state index in [0.29, 0.717) is 28.3 Å². The van der Waals surface area contributed by atoms with Crippen molar-refractivity contribution in [3.05, 3.63) is 70.5 Å². The van der Waals surface area contributed by atoms with Crippen LogP contribution in [0.15, 0.2) is 60.0 Å². The monoisotopic (exact) mass is 488 g/mol. The van der Waals surface area contributed by atoms with Crippen molar-refractivity contribution in [2.75, 3.05) is 12.4 Å². The molecule has 35 heavy (non-hydrogen) atoms. The standard InChI is InChI=1S/C28H32N4O2S/c1-31(22-11-6-3-7-12-22)27(34)21-14-15-24-23(19-21)29-28(30-26(33)25-13-8-18-35-25)32(24)17-16-20-9-4-2-5-10-20/h2,4-5,8-9,13-15,18-20,22H,3,6-7,10-12,16-17H2,1H3,(H,29,30,33). The smallest absolute Gasteiger partial charge is 0.268 e. The molecule has 1 saturated carbocycles. The molecule has 6 nitrogen and oxygen atoms in total. The SMILES string of the molecule is CN(C(=O)c1ccc2c(c1)nc(NC(=O)c1cccs1)n2CCC1C=CC=CC1)C1CCCCC1. The maximum absolute atomic E-state index is 13.3. The van der Waals surface area contributed by atoms with Crippen LogP contribution in [0.3, 0.4) is 0 Å². The van der Waals surface area contributed by atoms with Gasteiger partial charge in [0.05, 0.1) is 15.9 Å². The fraction of sp³-hybridized carbons (Fsp3) is 0.393. The van der Waals surface area contributed by atoms with E-state index in [0.717, 1.165) is 43.3 Å². The molecule has 2 heterocycles. The van der Waals surface area contributed by atoms with E-state index in [1.54, 1.807) is 0 Å². The number of thiophene rings is 1. The number of hydrogen-bond acceptors (Lipinski definition) is 4. The number of benzene rings is 1.